The molecule has 0 saturated carbocycles. The van der Waals surface area contributed by atoms with Crippen molar-refractivity contribution in [1.82, 2.24) is 4.57 Å². The first-order valence-electron chi connectivity index (χ1n) is 8.02. The Morgan fingerprint density at radius 1 is 1.16 bits per heavy atom. The number of rotatable bonds is 5. The molecule has 4 nitrogen and oxygen atoms in total. The zero-order valence-corrected chi connectivity index (χ0v) is 14.7. The van der Waals surface area contributed by atoms with Gasteiger partial charge in [-0.05, 0) is 46.2 Å². The van der Waals surface area contributed by atoms with Crippen LogP contribution in [0.2, 0.25) is 0 Å². The Kier molecular flexibility index (Phi) is 4.03. The van der Waals surface area contributed by atoms with E-state index in [-0.39, 0.29) is 0 Å². The molecule has 0 aliphatic carbocycles. The second-order valence-corrected chi connectivity index (χ2v) is 6.85. The van der Waals surface area contributed by atoms with Crippen LogP contribution in [0.15, 0.2) is 53.2 Å². The second-order valence-electron chi connectivity index (χ2n) is 6.07. The molecule has 5 heteroatoms. The standard InChI is InChI=1S/C20H18N2O2S/c1-24-11-13-5-6-15-18(9-13)22(10-14-7-8-25-12-14)17-4-2-3-16(19(15)17)20(21)23/h2-9,12H,10-11H2,1H3,(H2,21,23). The summed E-state index contributed by atoms with van der Waals surface area (Å²) in [6, 6.07) is 14.1. The minimum atomic E-state index is -0.402. The van der Waals surface area contributed by atoms with E-state index in [1.165, 1.54) is 5.56 Å². The predicted molar refractivity (Wildman–Crippen MR) is 102 cm³/mol. The summed E-state index contributed by atoms with van der Waals surface area (Å²) in [4.78, 5) is 11.9. The maximum Gasteiger partial charge on any atom is 0.249 e. The van der Waals surface area contributed by atoms with Crippen molar-refractivity contribution in [2.24, 2.45) is 5.73 Å². The van der Waals surface area contributed by atoms with Crippen LogP contribution in [-0.2, 0) is 17.9 Å². The molecule has 2 N–H and O–H groups in total. The molecule has 0 aliphatic heterocycles. The van der Waals surface area contributed by atoms with E-state index in [9.17, 15) is 4.79 Å². The lowest BCUT2D eigenvalue weighted by molar-refractivity contribution is 0.100. The van der Waals surface area contributed by atoms with E-state index >= 15 is 0 Å². The Hall–Kier alpha value is -2.63. The zero-order valence-electron chi connectivity index (χ0n) is 13.9. The minimum Gasteiger partial charge on any atom is -0.380 e. The first-order chi connectivity index (χ1) is 12.2. The number of nitrogens with two attached hydrogens (primary N) is 1. The number of primary amides is 1. The maximum atomic E-state index is 11.9. The molecule has 0 atom stereocenters. The molecule has 2 heterocycles. The number of nitrogens with zero attached hydrogens (tertiary/aromatic N) is 1. The van der Waals surface area contributed by atoms with Gasteiger partial charge in [-0.1, -0.05) is 18.2 Å². The third kappa shape index (κ3) is 2.71. The molecule has 0 aliphatic rings. The van der Waals surface area contributed by atoms with Crippen LogP contribution < -0.4 is 5.73 Å². The van der Waals surface area contributed by atoms with Crippen molar-refractivity contribution in [1.29, 1.82) is 0 Å². The summed E-state index contributed by atoms with van der Waals surface area (Å²) in [5.41, 5.74) is 10.6. The predicted octanol–water partition coefficient (Wildman–Crippen LogP) is 4.15. The normalized spacial score (nSPS) is 11.4. The van der Waals surface area contributed by atoms with Gasteiger partial charge in [-0.2, -0.15) is 11.3 Å². The number of aromatic nitrogens is 1. The van der Waals surface area contributed by atoms with Gasteiger partial charge in [0, 0.05) is 35.5 Å². The molecule has 0 radical (unpaired) electrons. The first kappa shape index (κ1) is 15.9. The van der Waals surface area contributed by atoms with E-state index in [4.69, 9.17) is 10.5 Å². The molecule has 0 saturated heterocycles. The van der Waals surface area contributed by atoms with Gasteiger partial charge in [0.25, 0.3) is 0 Å². The second kappa shape index (κ2) is 6.35. The fourth-order valence-corrected chi connectivity index (χ4v) is 4.05. The van der Waals surface area contributed by atoms with Crippen LogP contribution in [0.3, 0.4) is 0 Å². The molecule has 0 bridgehead atoms. The largest absolute Gasteiger partial charge is 0.380 e. The highest BCUT2D eigenvalue weighted by Gasteiger charge is 2.17. The molecule has 1 amide bonds. The van der Waals surface area contributed by atoms with E-state index in [1.54, 1.807) is 24.5 Å². The van der Waals surface area contributed by atoms with Crippen LogP contribution in [-0.4, -0.2) is 17.6 Å². The lowest BCUT2D eigenvalue weighted by Gasteiger charge is -2.07. The SMILES string of the molecule is COCc1ccc2c3c(C(N)=O)cccc3n(Cc3ccsc3)c2c1. The van der Waals surface area contributed by atoms with Gasteiger partial charge in [0.05, 0.1) is 12.1 Å². The number of fused-ring (bicyclic) bond motifs is 3. The quantitative estimate of drug-likeness (QED) is 0.588. The van der Waals surface area contributed by atoms with Gasteiger partial charge in [-0.3, -0.25) is 4.79 Å². The Balaban J connectivity index is 2.05. The van der Waals surface area contributed by atoms with Crippen LogP contribution in [0.25, 0.3) is 21.8 Å². The Morgan fingerprint density at radius 3 is 2.76 bits per heavy atom. The smallest absolute Gasteiger partial charge is 0.249 e. The van der Waals surface area contributed by atoms with Crippen molar-refractivity contribution in [2.45, 2.75) is 13.2 Å². The van der Waals surface area contributed by atoms with Gasteiger partial charge in [0.15, 0.2) is 0 Å². The number of methoxy groups -OCH3 is 1. The van der Waals surface area contributed by atoms with Gasteiger partial charge in [0.2, 0.25) is 5.91 Å². The summed E-state index contributed by atoms with van der Waals surface area (Å²) in [6.07, 6.45) is 0. The number of ether oxygens (including phenoxy) is 1. The fraction of sp³-hybridized carbons (Fsp3) is 0.150. The summed E-state index contributed by atoms with van der Waals surface area (Å²) >= 11 is 1.68. The van der Waals surface area contributed by atoms with Crippen molar-refractivity contribution in [3.63, 3.8) is 0 Å². The van der Waals surface area contributed by atoms with Gasteiger partial charge < -0.3 is 15.0 Å². The fourth-order valence-electron chi connectivity index (χ4n) is 3.39. The number of carbonyl (C=O) groups excluding carboxylic acids is 1. The molecule has 0 unspecified atom stereocenters. The van der Waals surface area contributed by atoms with E-state index in [1.807, 2.05) is 18.2 Å². The third-order valence-corrected chi connectivity index (χ3v) is 5.18. The van der Waals surface area contributed by atoms with Gasteiger partial charge in [-0.25, -0.2) is 0 Å². The Morgan fingerprint density at radius 2 is 2.04 bits per heavy atom. The maximum absolute atomic E-state index is 11.9. The molecule has 2 aromatic heterocycles. The van der Waals surface area contributed by atoms with Gasteiger partial charge >= 0.3 is 0 Å². The van der Waals surface area contributed by atoms with E-state index < -0.39 is 5.91 Å². The van der Waals surface area contributed by atoms with Crippen LogP contribution in [0.1, 0.15) is 21.5 Å². The summed E-state index contributed by atoms with van der Waals surface area (Å²) < 4.78 is 7.53. The van der Waals surface area contributed by atoms with Crippen LogP contribution in [0.4, 0.5) is 0 Å². The van der Waals surface area contributed by atoms with Crippen LogP contribution >= 0.6 is 11.3 Å². The summed E-state index contributed by atoms with van der Waals surface area (Å²) in [6.45, 7) is 1.31. The molecule has 0 spiro atoms. The zero-order chi connectivity index (χ0) is 17.4. The molecular weight excluding hydrogens is 332 g/mol. The monoisotopic (exact) mass is 350 g/mol. The molecule has 4 rings (SSSR count). The van der Waals surface area contributed by atoms with Crippen molar-refractivity contribution < 1.29 is 9.53 Å². The van der Waals surface area contributed by atoms with Gasteiger partial charge in [0.1, 0.15) is 0 Å². The minimum absolute atomic E-state index is 0.402. The van der Waals surface area contributed by atoms with E-state index in [2.05, 4.69) is 33.5 Å². The number of hydrogen-bond donors (Lipinski definition) is 1. The van der Waals surface area contributed by atoms with Crippen molar-refractivity contribution in [3.05, 3.63) is 69.9 Å². The number of carbonyl (C=O) groups is 1. The molecule has 25 heavy (non-hydrogen) atoms. The molecule has 0 fully saturated rings. The molecule has 4 aromatic rings. The highest BCUT2D eigenvalue weighted by Crippen LogP contribution is 2.33. The number of benzene rings is 2. The number of amides is 1. The summed E-state index contributed by atoms with van der Waals surface area (Å²) in [7, 11) is 1.69. The van der Waals surface area contributed by atoms with Crippen molar-refractivity contribution in [3.8, 4) is 0 Å². The average Bonchev–Trinajstić information content (AvgIpc) is 3.22. The molecular formula is C20H18N2O2S. The number of hydrogen-bond acceptors (Lipinski definition) is 3. The van der Waals surface area contributed by atoms with Crippen molar-refractivity contribution >= 4 is 39.0 Å². The lowest BCUT2D eigenvalue weighted by atomic mass is 10.0. The highest BCUT2D eigenvalue weighted by atomic mass is 32.1. The number of thiophene rings is 1. The van der Waals surface area contributed by atoms with E-state index in [0.29, 0.717) is 12.2 Å². The summed E-state index contributed by atoms with van der Waals surface area (Å²) in [5, 5.41) is 6.19. The van der Waals surface area contributed by atoms with Crippen LogP contribution in [0, 0.1) is 0 Å². The van der Waals surface area contributed by atoms with Gasteiger partial charge in [-0.15, -0.1) is 0 Å². The molecule has 2 aromatic carbocycles. The van der Waals surface area contributed by atoms with E-state index in [0.717, 1.165) is 33.9 Å². The molecule has 126 valence electrons. The first-order valence-corrected chi connectivity index (χ1v) is 8.97. The average molecular weight is 350 g/mol. The lowest BCUT2D eigenvalue weighted by Crippen LogP contribution is -2.11. The Bertz CT molecular complexity index is 1060. The highest BCUT2D eigenvalue weighted by molar-refractivity contribution is 7.07. The third-order valence-electron chi connectivity index (χ3n) is 4.45. The Labute approximate surface area is 149 Å². The van der Waals surface area contributed by atoms with Crippen molar-refractivity contribution in [2.75, 3.05) is 7.11 Å². The van der Waals surface area contributed by atoms with Crippen LogP contribution in [0.5, 0.6) is 0 Å². The topological polar surface area (TPSA) is 57.2 Å². The summed E-state index contributed by atoms with van der Waals surface area (Å²) in [5.74, 6) is -0.402.